The summed E-state index contributed by atoms with van der Waals surface area (Å²) in [5, 5.41) is 14.4. The molecule has 1 aromatic rings. The van der Waals surface area contributed by atoms with Gasteiger partial charge in [-0.25, -0.2) is 4.79 Å². The van der Waals surface area contributed by atoms with Crippen LogP contribution < -0.4 is 10.6 Å². The Labute approximate surface area is 120 Å². The molecule has 112 valence electrons. The molecule has 3 N–H and O–H groups in total. The molecule has 0 aliphatic carbocycles. The fourth-order valence-electron chi connectivity index (χ4n) is 1.75. The largest absolute Gasteiger partial charge is 0.394 e. The molecule has 0 aliphatic rings. The Bertz CT molecular complexity index is 404. The van der Waals surface area contributed by atoms with E-state index in [4.69, 9.17) is 9.84 Å². The lowest BCUT2D eigenvalue weighted by atomic mass is 10.1. The Hall–Kier alpha value is -1.59. The van der Waals surface area contributed by atoms with Crippen molar-refractivity contribution in [3.8, 4) is 0 Å². The average molecular weight is 280 g/mol. The van der Waals surface area contributed by atoms with E-state index in [-0.39, 0.29) is 31.4 Å². The van der Waals surface area contributed by atoms with Gasteiger partial charge >= 0.3 is 6.03 Å². The molecule has 20 heavy (non-hydrogen) atoms. The molecule has 0 fully saturated rings. The first-order valence-corrected chi connectivity index (χ1v) is 6.86. The maximum atomic E-state index is 11.6. The van der Waals surface area contributed by atoms with Crippen LogP contribution in [0.3, 0.4) is 0 Å². The summed E-state index contributed by atoms with van der Waals surface area (Å²) in [4.78, 5) is 11.6. The van der Waals surface area contributed by atoms with Crippen LogP contribution in [0, 0.1) is 6.92 Å². The molecule has 1 rings (SSSR count). The number of urea groups is 1. The highest BCUT2D eigenvalue weighted by Gasteiger charge is 2.13. The lowest BCUT2D eigenvalue weighted by molar-refractivity contribution is 0.0294. The maximum absolute atomic E-state index is 11.6. The summed E-state index contributed by atoms with van der Waals surface area (Å²) in [6, 6.07) is 7.81. The number of rotatable bonds is 7. The number of carbonyl (C=O) groups excluding carboxylic acids is 1. The minimum Gasteiger partial charge on any atom is -0.394 e. The van der Waals surface area contributed by atoms with Crippen LogP contribution >= 0.6 is 0 Å². The molecule has 5 nitrogen and oxygen atoms in total. The summed E-state index contributed by atoms with van der Waals surface area (Å²) in [5.41, 5.74) is 2.15. The number of amides is 2. The third-order valence-electron chi connectivity index (χ3n) is 2.73. The van der Waals surface area contributed by atoms with Gasteiger partial charge in [-0.3, -0.25) is 0 Å². The van der Waals surface area contributed by atoms with E-state index >= 15 is 0 Å². The molecule has 0 aromatic heterocycles. The van der Waals surface area contributed by atoms with E-state index in [2.05, 4.69) is 10.6 Å². The van der Waals surface area contributed by atoms with Gasteiger partial charge in [-0.05, 0) is 26.3 Å². The van der Waals surface area contributed by atoms with Crippen molar-refractivity contribution in [3.63, 3.8) is 0 Å². The standard InChI is InChI=1S/C15H24N2O3/c1-11(2)17-15(19)16-10-14(20-9-8-18)13-6-4-12(3)5-7-13/h4-7,11,14,18H,8-10H2,1-3H3,(H2,16,17,19). The Morgan fingerprint density at radius 1 is 1.30 bits per heavy atom. The van der Waals surface area contributed by atoms with E-state index in [0.29, 0.717) is 6.54 Å². The number of aliphatic hydroxyl groups excluding tert-OH is 1. The lowest BCUT2D eigenvalue weighted by Gasteiger charge is -2.19. The van der Waals surface area contributed by atoms with Gasteiger partial charge in [0.1, 0.15) is 0 Å². The molecule has 5 heteroatoms. The van der Waals surface area contributed by atoms with Crippen molar-refractivity contribution in [2.45, 2.75) is 32.9 Å². The number of aryl methyl sites for hydroxylation is 1. The number of nitrogens with one attached hydrogen (secondary N) is 2. The fourth-order valence-corrected chi connectivity index (χ4v) is 1.75. The van der Waals surface area contributed by atoms with Crippen LogP contribution in [-0.4, -0.2) is 36.9 Å². The van der Waals surface area contributed by atoms with Gasteiger partial charge < -0.3 is 20.5 Å². The van der Waals surface area contributed by atoms with Gasteiger partial charge in [0.25, 0.3) is 0 Å². The van der Waals surface area contributed by atoms with E-state index in [1.165, 1.54) is 5.56 Å². The molecule has 0 radical (unpaired) electrons. The second-order valence-electron chi connectivity index (χ2n) is 5.00. The third kappa shape index (κ3) is 6.04. The van der Waals surface area contributed by atoms with Crippen LogP contribution in [0.25, 0.3) is 0 Å². The van der Waals surface area contributed by atoms with Crippen LogP contribution in [0.1, 0.15) is 31.1 Å². The van der Waals surface area contributed by atoms with E-state index < -0.39 is 0 Å². The molecule has 0 saturated heterocycles. The summed E-state index contributed by atoms with van der Waals surface area (Å²) < 4.78 is 5.58. The minimum absolute atomic E-state index is 0.0411. The van der Waals surface area contributed by atoms with Crippen LogP contribution in [0.5, 0.6) is 0 Å². The summed E-state index contributed by atoms with van der Waals surface area (Å²) in [6.07, 6.45) is -0.263. The number of ether oxygens (including phenoxy) is 1. The predicted molar refractivity (Wildman–Crippen MR) is 78.6 cm³/mol. The zero-order chi connectivity index (χ0) is 15.0. The van der Waals surface area contributed by atoms with Crippen molar-refractivity contribution in [1.82, 2.24) is 10.6 Å². The second kappa shape index (κ2) is 8.55. The highest BCUT2D eigenvalue weighted by Crippen LogP contribution is 2.17. The smallest absolute Gasteiger partial charge is 0.315 e. The molecule has 0 aliphatic heterocycles. The first-order valence-electron chi connectivity index (χ1n) is 6.86. The molecule has 0 saturated carbocycles. The highest BCUT2D eigenvalue weighted by molar-refractivity contribution is 5.74. The van der Waals surface area contributed by atoms with Gasteiger partial charge in [-0.1, -0.05) is 29.8 Å². The van der Waals surface area contributed by atoms with Gasteiger partial charge in [0.05, 0.1) is 19.3 Å². The van der Waals surface area contributed by atoms with Gasteiger partial charge in [0.15, 0.2) is 0 Å². The SMILES string of the molecule is Cc1ccc(C(CNC(=O)NC(C)C)OCCO)cc1. The number of carbonyl (C=O) groups is 1. The first kappa shape index (κ1) is 16.5. The van der Waals surface area contributed by atoms with Crippen LogP contribution in [0.2, 0.25) is 0 Å². The Morgan fingerprint density at radius 3 is 2.50 bits per heavy atom. The highest BCUT2D eigenvalue weighted by atomic mass is 16.5. The summed E-state index contributed by atoms with van der Waals surface area (Å²) in [6.45, 7) is 6.38. The predicted octanol–water partition coefficient (Wildman–Crippen LogP) is 1.75. The van der Waals surface area contributed by atoms with Crippen LogP contribution in [-0.2, 0) is 4.74 Å². The molecular weight excluding hydrogens is 256 g/mol. The van der Waals surface area contributed by atoms with Gasteiger partial charge in [-0.2, -0.15) is 0 Å². The van der Waals surface area contributed by atoms with E-state index in [1.807, 2.05) is 45.0 Å². The molecule has 0 heterocycles. The normalized spacial score (nSPS) is 12.2. The average Bonchev–Trinajstić information content (AvgIpc) is 2.39. The van der Waals surface area contributed by atoms with Gasteiger partial charge in [0, 0.05) is 12.6 Å². The van der Waals surface area contributed by atoms with Crippen molar-refractivity contribution < 1.29 is 14.6 Å². The zero-order valence-electron chi connectivity index (χ0n) is 12.3. The van der Waals surface area contributed by atoms with E-state index in [9.17, 15) is 4.79 Å². The quantitative estimate of drug-likeness (QED) is 0.712. The van der Waals surface area contributed by atoms with Gasteiger partial charge in [0.2, 0.25) is 0 Å². The number of hydrogen-bond donors (Lipinski definition) is 3. The van der Waals surface area contributed by atoms with E-state index in [1.54, 1.807) is 0 Å². The van der Waals surface area contributed by atoms with Crippen molar-refractivity contribution in [2.75, 3.05) is 19.8 Å². The molecule has 0 spiro atoms. The first-order chi connectivity index (χ1) is 9.52. The number of hydrogen-bond acceptors (Lipinski definition) is 3. The fraction of sp³-hybridized carbons (Fsp3) is 0.533. The van der Waals surface area contributed by atoms with Crippen LogP contribution in [0.4, 0.5) is 4.79 Å². The second-order valence-corrected chi connectivity index (χ2v) is 5.00. The summed E-state index contributed by atoms with van der Waals surface area (Å²) >= 11 is 0. The Balaban J connectivity index is 2.60. The molecular formula is C15H24N2O3. The summed E-state index contributed by atoms with van der Waals surface area (Å²) in [5.74, 6) is 0. The van der Waals surface area contributed by atoms with Crippen molar-refractivity contribution in [2.24, 2.45) is 0 Å². The molecule has 1 atom stereocenters. The van der Waals surface area contributed by atoms with Gasteiger partial charge in [-0.15, -0.1) is 0 Å². The lowest BCUT2D eigenvalue weighted by Crippen LogP contribution is -2.41. The van der Waals surface area contributed by atoms with Crippen molar-refractivity contribution in [1.29, 1.82) is 0 Å². The van der Waals surface area contributed by atoms with Crippen molar-refractivity contribution in [3.05, 3.63) is 35.4 Å². The monoisotopic (exact) mass is 280 g/mol. The van der Waals surface area contributed by atoms with Crippen LogP contribution in [0.15, 0.2) is 24.3 Å². The molecule has 1 aromatic carbocycles. The molecule has 0 bridgehead atoms. The topological polar surface area (TPSA) is 70.6 Å². The Kier molecular flexibility index (Phi) is 7.04. The minimum atomic E-state index is -0.263. The third-order valence-corrected chi connectivity index (χ3v) is 2.73. The van der Waals surface area contributed by atoms with E-state index in [0.717, 1.165) is 5.56 Å². The Morgan fingerprint density at radius 2 is 1.95 bits per heavy atom. The zero-order valence-corrected chi connectivity index (χ0v) is 12.3. The number of aliphatic hydroxyl groups is 1. The van der Waals surface area contributed by atoms with Crippen molar-refractivity contribution >= 4 is 6.03 Å². The maximum Gasteiger partial charge on any atom is 0.315 e. The molecule has 2 amide bonds. The molecule has 1 unspecified atom stereocenters. The summed E-state index contributed by atoms with van der Waals surface area (Å²) in [7, 11) is 0. The number of benzene rings is 1.